The van der Waals surface area contributed by atoms with Crippen LogP contribution in [0.5, 0.6) is 0 Å². The van der Waals surface area contributed by atoms with Crippen molar-refractivity contribution in [3.05, 3.63) is 12.2 Å². The van der Waals surface area contributed by atoms with Gasteiger partial charge in [-0.2, -0.15) is 0 Å². The van der Waals surface area contributed by atoms with Gasteiger partial charge >= 0.3 is 12.0 Å². The minimum absolute atomic E-state index is 0.0292. The number of carbonyl (C=O) groups excluding carboxylic acids is 2. The van der Waals surface area contributed by atoms with Gasteiger partial charge in [-0.05, 0) is 6.92 Å². The van der Waals surface area contributed by atoms with Crippen LogP contribution in [0.25, 0.3) is 0 Å². The predicted octanol–water partition coefficient (Wildman–Crippen LogP) is 0.483. The Kier molecular flexibility index (Phi) is 8.09. The summed E-state index contributed by atoms with van der Waals surface area (Å²) in [5.41, 5.74) is 0.299. The first kappa shape index (κ1) is 15.7. The van der Waals surface area contributed by atoms with Crippen molar-refractivity contribution in [2.45, 2.75) is 6.92 Å². The maximum Gasteiger partial charge on any atom is 0.333 e. The van der Waals surface area contributed by atoms with Crippen LogP contribution < -0.4 is 10.6 Å². The van der Waals surface area contributed by atoms with Crippen LogP contribution >= 0.6 is 8.03 Å². The molecule has 1 atom stereocenters. The van der Waals surface area contributed by atoms with Gasteiger partial charge in [0.15, 0.2) is 0 Å². The molecule has 17 heavy (non-hydrogen) atoms. The average molecular weight is 264 g/mol. The lowest BCUT2D eigenvalue weighted by Crippen LogP contribution is -2.37. The van der Waals surface area contributed by atoms with Gasteiger partial charge in [-0.3, -0.25) is 4.57 Å². The van der Waals surface area contributed by atoms with Gasteiger partial charge < -0.3 is 19.9 Å². The highest BCUT2D eigenvalue weighted by molar-refractivity contribution is 7.39. The van der Waals surface area contributed by atoms with Gasteiger partial charge in [-0.25, -0.2) is 9.59 Å². The summed E-state index contributed by atoms with van der Waals surface area (Å²) in [6.07, 6.45) is -0.0292. The predicted molar refractivity (Wildman–Crippen MR) is 63.2 cm³/mol. The van der Waals surface area contributed by atoms with Crippen LogP contribution in [0.2, 0.25) is 0 Å². The smallest absolute Gasteiger partial charge is 0.333 e. The second kappa shape index (κ2) is 8.78. The van der Waals surface area contributed by atoms with Crippen molar-refractivity contribution in [2.75, 3.05) is 26.5 Å². The van der Waals surface area contributed by atoms with Gasteiger partial charge in [0.05, 0.1) is 12.8 Å². The molecule has 0 spiro atoms. The van der Waals surface area contributed by atoms with Crippen molar-refractivity contribution >= 4 is 20.0 Å². The van der Waals surface area contributed by atoms with Crippen molar-refractivity contribution in [1.29, 1.82) is 0 Å². The van der Waals surface area contributed by atoms with E-state index in [1.165, 1.54) is 14.0 Å². The molecule has 2 N–H and O–H groups in total. The topological polar surface area (TPSA) is 93.7 Å². The highest BCUT2D eigenvalue weighted by Gasteiger charge is 2.04. The molecule has 0 fully saturated rings. The Morgan fingerprint density at radius 3 is 2.53 bits per heavy atom. The van der Waals surface area contributed by atoms with E-state index in [-0.39, 0.29) is 19.4 Å². The van der Waals surface area contributed by atoms with Crippen LogP contribution in [-0.2, 0) is 18.6 Å². The third kappa shape index (κ3) is 8.47. The number of nitrogens with one attached hydrogen (secondary N) is 2. The molecular formula is C9H17N2O5P. The van der Waals surface area contributed by atoms with E-state index in [1.54, 1.807) is 0 Å². The van der Waals surface area contributed by atoms with Crippen LogP contribution in [0, 0.1) is 0 Å². The first-order chi connectivity index (χ1) is 7.97. The van der Waals surface area contributed by atoms with E-state index in [9.17, 15) is 14.2 Å². The molecule has 0 aliphatic rings. The molecule has 7 nitrogen and oxygen atoms in total. The summed E-state index contributed by atoms with van der Waals surface area (Å²) < 4.78 is 20.1. The number of ether oxygens (including phenoxy) is 1. The van der Waals surface area contributed by atoms with E-state index in [0.29, 0.717) is 5.57 Å². The van der Waals surface area contributed by atoms with Crippen molar-refractivity contribution in [2.24, 2.45) is 0 Å². The lowest BCUT2D eigenvalue weighted by molar-refractivity contribution is -0.138. The second-order valence-electron chi connectivity index (χ2n) is 3.10. The second-order valence-corrected chi connectivity index (χ2v) is 4.61. The summed E-state index contributed by atoms with van der Waals surface area (Å²) >= 11 is 0. The number of esters is 1. The van der Waals surface area contributed by atoms with E-state index in [1.807, 2.05) is 0 Å². The van der Waals surface area contributed by atoms with E-state index in [2.05, 4.69) is 21.7 Å². The highest BCUT2D eigenvalue weighted by atomic mass is 31.1. The zero-order valence-electron chi connectivity index (χ0n) is 9.87. The summed E-state index contributed by atoms with van der Waals surface area (Å²) in [7, 11) is -0.894. The van der Waals surface area contributed by atoms with Crippen LogP contribution in [0.15, 0.2) is 12.2 Å². The van der Waals surface area contributed by atoms with Crippen LogP contribution in [0.1, 0.15) is 6.92 Å². The Bertz CT molecular complexity index is 319. The number of hydrogen-bond acceptors (Lipinski definition) is 5. The summed E-state index contributed by atoms with van der Waals surface area (Å²) in [5.74, 6) is -0.503. The summed E-state index contributed by atoms with van der Waals surface area (Å²) in [6, 6.07) is -0.494. The van der Waals surface area contributed by atoms with Crippen molar-refractivity contribution in [1.82, 2.24) is 10.6 Å². The first-order valence-corrected chi connectivity index (χ1v) is 6.41. The number of urea groups is 1. The van der Waals surface area contributed by atoms with Gasteiger partial charge in [0.2, 0.25) is 8.03 Å². The highest BCUT2D eigenvalue weighted by Crippen LogP contribution is 2.16. The number of carbonyl (C=O) groups is 2. The van der Waals surface area contributed by atoms with Crippen molar-refractivity contribution < 1.29 is 23.4 Å². The Balaban J connectivity index is 3.55. The molecule has 0 aliphatic carbocycles. The number of amides is 2. The van der Waals surface area contributed by atoms with E-state index < -0.39 is 20.0 Å². The van der Waals surface area contributed by atoms with E-state index in [0.717, 1.165) is 0 Å². The monoisotopic (exact) mass is 264 g/mol. The molecule has 0 radical (unpaired) electrons. The minimum Gasteiger partial charge on any atom is -0.460 e. The van der Waals surface area contributed by atoms with Gasteiger partial charge in [0, 0.05) is 12.7 Å². The molecule has 8 heteroatoms. The molecule has 0 aromatic heterocycles. The fraction of sp³-hybridized carbons (Fsp3) is 0.556. The molecule has 0 saturated carbocycles. The first-order valence-electron chi connectivity index (χ1n) is 4.88. The molecule has 0 aromatic rings. The SMILES string of the molecule is C=C(C)C(=O)OCCNC(=O)NC[PH](=O)OC. The maximum atomic E-state index is 11.1. The molecule has 0 heterocycles. The Morgan fingerprint density at radius 1 is 1.35 bits per heavy atom. The molecule has 0 rings (SSSR count). The molecule has 0 saturated heterocycles. The minimum atomic E-state index is -2.20. The third-order valence-corrected chi connectivity index (χ3v) is 2.51. The molecule has 1 unspecified atom stereocenters. The quantitative estimate of drug-likeness (QED) is 0.302. The number of hydrogen-bond donors (Lipinski definition) is 2. The lowest BCUT2D eigenvalue weighted by Gasteiger charge is -2.07. The van der Waals surface area contributed by atoms with Gasteiger partial charge in [-0.1, -0.05) is 6.58 Å². The summed E-state index contributed by atoms with van der Waals surface area (Å²) in [5, 5.41) is 4.77. The Hall–Kier alpha value is -1.33. The zero-order valence-corrected chi connectivity index (χ0v) is 10.9. The average Bonchev–Trinajstić information content (AvgIpc) is 2.30. The van der Waals surface area contributed by atoms with E-state index >= 15 is 0 Å². The standard InChI is InChI=1S/C9H17N2O5P/c1-7(2)8(12)16-5-4-10-9(13)11-6-17(14)15-3/h17H,1,4-6H2,2-3H3,(H2,10,11,13). The molecule has 0 aliphatic heterocycles. The van der Waals surface area contributed by atoms with Gasteiger partial charge in [0.1, 0.15) is 6.61 Å². The Morgan fingerprint density at radius 2 is 2.00 bits per heavy atom. The maximum absolute atomic E-state index is 11.1. The third-order valence-electron chi connectivity index (χ3n) is 1.59. The van der Waals surface area contributed by atoms with Crippen LogP contribution in [0.3, 0.4) is 0 Å². The normalized spacial score (nSPS) is 11.4. The zero-order chi connectivity index (χ0) is 13.3. The summed E-state index contributed by atoms with van der Waals surface area (Å²) in [4.78, 5) is 22.0. The van der Waals surface area contributed by atoms with Crippen LogP contribution in [-0.4, -0.2) is 38.5 Å². The van der Waals surface area contributed by atoms with Crippen molar-refractivity contribution in [3.63, 3.8) is 0 Å². The summed E-state index contributed by atoms with van der Waals surface area (Å²) in [6.45, 7) is 5.16. The molecular weight excluding hydrogens is 247 g/mol. The van der Waals surface area contributed by atoms with Crippen LogP contribution in [0.4, 0.5) is 4.79 Å². The van der Waals surface area contributed by atoms with Gasteiger partial charge in [0.25, 0.3) is 0 Å². The lowest BCUT2D eigenvalue weighted by atomic mass is 10.4. The molecule has 2 amide bonds. The van der Waals surface area contributed by atoms with E-state index in [4.69, 9.17) is 4.74 Å². The largest absolute Gasteiger partial charge is 0.460 e. The fourth-order valence-electron chi connectivity index (χ4n) is 0.719. The molecule has 0 bridgehead atoms. The Labute approximate surface area is 100 Å². The van der Waals surface area contributed by atoms with Crippen molar-refractivity contribution in [3.8, 4) is 0 Å². The van der Waals surface area contributed by atoms with Gasteiger partial charge in [-0.15, -0.1) is 0 Å². The fourth-order valence-corrected chi connectivity index (χ4v) is 1.17. The number of rotatable bonds is 7. The molecule has 0 aromatic carbocycles. The molecule has 98 valence electrons.